The minimum atomic E-state index is -3.93. The first kappa shape index (κ1) is 18.0. The maximum absolute atomic E-state index is 12.9. The highest BCUT2D eigenvalue weighted by Gasteiger charge is 2.21. The molecule has 0 aliphatic rings. The normalized spacial score (nSPS) is 11.3. The lowest BCUT2D eigenvalue weighted by molar-refractivity contribution is -0.114. The van der Waals surface area contributed by atoms with Crippen molar-refractivity contribution >= 4 is 33.4 Å². The van der Waals surface area contributed by atoms with Crippen LogP contribution < -0.4 is 5.32 Å². The molecule has 1 heterocycles. The van der Waals surface area contributed by atoms with Crippen LogP contribution in [-0.4, -0.2) is 30.3 Å². The molecule has 0 unspecified atom stereocenters. The maximum atomic E-state index is 12.9. The van der Waals surface area contributed by atoms with Crippen molar-refractivity contribution in [3.8, 4) is 11.5 Å². The summed E-state index contributed by atoms with van der Waals surface area (Å²) < 4.78 is 42.4. The molecule has 134 valence electrons. The van der Waals surface area contributed by atoms with Gasteiger partial charge in [-0.1, -0.05) is 16.7 Å². The van der Waals surface area contributed by atoms with Crippen LogP contribution in [-0.2, 0) is 14.6 Å². The predicted octanol–water partition coefficient (Wildman–Crippen LogP) is 2.94. The second-order valence-electron chi connectivity index (χ2n) is 5.18. The fraction of sp³-hybridized carbons (Fsp3) is 0.0625. The van der Waals surface area contributed by atoms with Gasteiger partial charge in [0.05, 0.1) is 4.90 Å². The fourth-order valence-corrected chi connectivity index (χ4v) is 3.30. The van der Waals surface area contributed by atoms with Gasteiger partial charge in [-0.05, 0) is 48.5 Å². The van der Waals surface area contributed by atoms with Gasteiger partial charge in [0.25, 0.3) is 0 Å². The van der Waals surface area contributed by atoms with Crippen LogP contribution in [0.2, 0.25) is 5.02 Å². The van der Waals surface area contributed by atoms with Crippen molar-refractivity contribution in [2.75, 3.05) is 11.1 Å². The Balaban J connectivity index is 1.68. The number of nitrogens with one attached hydrogen (secondary N) is 1. The van der Waals surface area contributed by atoms with Gasteiger partial charge in [0.2, 0.25) is 11.8 Å². The molecule has 26 heavy (non-hydrogen) atoms. The van der Waals surface area contributed by atoms with E-state index in [1.807, 2.05) is 0 Å². The zero-order valence-corrected chi connectivity index (χ0v) is 14.6. The average Bonchev–Trinajstić information content (AvgIpc) is 3.03. The molecule has 3 rings (SSSR count). The number of carbonyl (C=O) groups is 1. The third-order valence-electron chi connectivity index (χ3n) is 3.26. The minimum Gasteiger partial charge on any atom is -0.403 e. The summed E-state index contributed by atoms with van der Waals surface area (Å²) in [7, 11) is -3.93. The molecule has 0 spiro atoms. The van der Waals surface area contributed by atoms with Gasteiger partial charge >= 0.3 is 6.01 Å². The third kappa shape index (κ3) is 4.24. The number of nitrogens with zero attached hydrogens (tertiary/aromatic N) is 2. The molecule has 10 heteroatoms. The van der Waals surface area contributed by atoms with Crippen LogP contribution in [0.25, 0.3) is 11.5 Å². The number of halogens is 2. The first-order chi connectivity index (χ1) is 12.3. The summed E-state index contributed by atoms with van der Waals surface area (Å²) in [6.07, 6.45) is 0. The molecule has 0 saturated heterocycles. The summed E-state index contributed by atoms with van der Waals surface area (Å²) >= 11 is 5.79. The molecule has 1 N–H and O–H groups in total. The van der Waals surface area contributed by atoms with Crippen LogP contribution >= 0.6 is 11.6 Å². The van der Waals surface area contributed by atoms with Crippen molar-refractivity contribution in [2.45, 2.75) is 4.90 Å². The molecule has 0 aliphatic carbocycles. The number of rotatable bonds is 5. The van der Waals surface area contributed by atoms with Crippen LogP contribution in [0.4, 0.5) is 10.4 Å². The molecule has 1 amide bonds. The van der Waals surface area contributed by atoms with Gasteiger partial charge < -0.3 is 4.42 Å². The molecule has 1 aromatic heterocycles. The highest BCUT2D eigenvalue weighted by molar-refractivity contribution is 7.92. The topological polar surface area (TPSA) is 102 Å². The molecule has 0 fully saturated rings. The van der Waals surface area contributed by atoms with Crippen molar-refractivity contribution in [2.24, 2.45) is 0 Å². The van der Waals surface area contributed by atoms with Crippen LogP contribution in [0.1, 0.15) is 0 Å². The van der Waals surface area contributed by atoms with Gasteiger partial charge in [-0.25, -0.2) is 12.8 Å². The fourth-order valence-electron chi connectivity index (χ4n) is 2.04. The highest BCUT2D eigenvalue weighted by Crippen LogP contribution is 2.21. The minimum absolute atomic E-state index is 0.137. The number of carbonyl (C=O) groups excluding carboxylic acids is 1. The largest absolute Gasteiger partial charge is 0.403 e. The van der Waals surface area contributed by atoms with E-state index < -0.39 is 27.3 Å². The van der Waals surface area contributed by atoms with E-state index in [0.717, 1.165) is 24.3 Å². The number of hydrogen-bond donors (Lipinski definition) is 1. The summed E-state index contributed by atoms with van der Waals surface area (Å²) in [6, 6.07) is 10.5. The summed E-state index contributed by atoms with van der Waals surface area (Å²) in [5.41, 5.74) is 0.585. The van der Waals surface area contributed by atoms with E-state index in [2.05, 4.69) is 15.5 Å². The van der Waals surface area contributed by atoms with Crippen molar-refractivity contribution in [1.29, 1.82) is 0 Å². The number of aromatic nitrogens is 2. The van der Waals surface area contributed by atoms with Crippen LogP contribution in [0.15, 0.2) is 57.8 Å². The lowest BCUT2D eigenvalue weighted by atomic mass is 10.2. The molecule has 0 bridgehead atoms. The molecular formula is C16H11ClFN3O4S. The Labute approximate surface area is 152 Å². The Bertz CT molecular complexity index is 1030. The smallest absolute Gasteiger partial charge is 0.322 e. The second kappa shape index (κ2) is 7.22. The molecule has 7 nitrogen and oxygen atoms in total. The second-order valence-corrected chi connectivity index (χ2v) is 7.61. The van der Waals surface area contributed by atoms with Crippen molar-refractivity contribution in [3.63, 3.8) is 0 Å². The summed E-state index contributed by atoms with van der Waals surface area (Å²) in [6.45, 7) is 0. The van der Waals surface area contributed by atoms with Crippen LogP contribution in [0, 0.1) is 5.82 Å². The molecule has 0 aliphatic heterocycles. The summed E-state index contributed by atoms with van der Waals surface area (Å²) in [5, 5.41) is 10.2. The third-order valence-corrected chi connectivity index (χ3v) is 5.14. The number of sulfone groups is 1. The monoisotopic (exact) mass is 395 g/mol. The molecule has 3 aromatic rings. The molecule has 2 aromatic carbocycles. The van der Waals surface area contributed by atoms with Crippen LogP contribution in [0.3, 0.4) is 0 Å². The Kier molecular flexibility index (Phi) is 5.01. The van der Waals surface area contributed by atoms with E-state index in [0.29, 0.717) is 10.6 Å². The summed E-state index contributed by atoms with van der Waals surface area (Å²) in [4.78, 5) is 11.8. The Morgan fingerprint density at radius 3 is 2.38 bits per heavy atom. The van der Waals surface area contributed by atoms with Crippen molar-refractivity contribution < 1.29 is 22.0 Å². The van der Waals surface area contributed by atoms with E-state index in [1.165, 1.54) is 0 Å². The lowest BCUT2D eigenvalue weighted by Gasteiger charge is -2.03. The van der Waals surface area contributed by atoms with Gasteiger partial charge in [-0.3, -0.25) is 10.1 Å². The Hall–Kier alpha value is -2.78. The number of benzene rings is 2. The zero-order chi connectivity index (χ0) is 18.7. The molecule has 0 radical (unpaired) electrons. The van der Waals surface area contributed by atoms with Gasteiger partial charge in [0, 0.05) is 10.6 Å². The lowest BCUT2D eigenvalue weighted by Crippen LogP contribution is -2.23. The first-order valence-electron chi connectivity index (χ1n) is 7.21. The standard InChI is InChI=1S/C16H11ClFN3O4S/c17-11-3-1-10(2-4-11)15-20-21-16(25-15)19-14(22)9-26(23,24)13-7-5-12(18)6-8-13/h1-8H,9H2,(H,19,21,22). The van der Waals surface area contributed by atoms with Gasteiger partial charge in [0.1, 0.15) is 11.6 Å². The SMILES string of the molecule is O=C(CS(=O)(=O)c1ccc(F)cc1)Nc1nnc(-c2ccc(Cl)cc2)o1. The first-order valence-corrected chi connectivity index (χ1v) is 9.24. The Morgan fingerprint density at radius 2 is 1.73 bits per heavy atom. The summed E-state index contributed by atoms with van der Waals surface area (Å²) in [5.74, 6) is -2.15. The Morgan fingerprint density at radius 1 is 1.08 bits per heavy atom. The van der Waals surface area contributed by atoms with E-state index in [4.69, 9.17) is 16.0 Å². The highest BCUT2D eigenvalue weighted by atomic mass is 35.5. The zero-order valence-electron chi connectivity index (χ0n) is 13.0. The van der Waals surface area contributed by atoms with E-state index in [1.54, 1.807) is 24.3 Å². The number of amides is 1. The van der Waals surface area contributed by atoms with Crippen molar-refractivity contribution in [3.05, 3.63) is 59.4 Å². The van der Waals surface area contributed by atoms with Crippen LogP contribution in [0.5, 0.6) is 0 Å². The maximum Gasteiger partial charge on any atom is 0.322 e. The number of hydrogen-bond acceptors (Lipinski definition) is 6. The predicted molar refractivity (Wildman–Crippen MR) is 91.8 cm³/mol. The quantitative estimate of drug-likeness (QED) is 0.666. The molecule has 0 saturated carbocycles. The van der Waals surface area contributed by atoms with E-state index in [-0.39, 0.29) is 16.8 Å². The van der Waals surface area contributed by atoms with Gasteiger partial charge in [-0.2, -0.15) is 0 Å². The van der Waals surface area contributed by atoms with E-state index in [9.17, 15) is 17.6 Å². The number of anilines is 1. The molecule has 0 atom stereocenters. The van der Waals surface area contributed by atoms with Gasteiger partial charge in [-0.15, -0.1) is 5.10 Å². The average molecular weight is 396 g/mol. The van der Waals surface area contributed by atoms with Crippen molar-refractivity contribution in [1.82, 2.24) is 10.2 Å². The van der Waals surface area contributed by atoms with Gasteiger partial charge in [0.15, 0.2) is 9.84 Å². The molecular weight excluding hydrogens is 385 g/mol. The van der Waals surface area contributed by atoms with E-state index >= 15 is 0 Å².